The van der Waals surface area contributed by atoms with Gasteiger partial charge in [0, 0.05) is 22.6 Å². The molecule has 11 heteroatoms. The first-order valence-electron chi connectivity index (χ1n) is 11.4. The summed E-state index contributed by atoms with van der Waals surface area (Å²) in [6, 6.07) is 11.9. The Bertz CT molecular complexity index is 1310. The van der Waals surface area contributed by atoms with Gasteiger partial charge in [-0.3, -0.25) is 9.59 Å². The summed E-state index contributed by atoms with van der Waals surface area (Å²) in [6.07, 6.45) is 1.99. The number of pyridine rings is 1. The second-order valence-corrected chi connectivity index (χ2v) is 11.2. The summed E-state index contributed by atoms with van der Waals surface area (Å²) in [5.74, 6) is 0.602. The molecule has 0 spiro atoms. The number of thiazole rings is 1. The molecule has 1 fully saturated rings. The first-order chi connectivity index (χ1) is 17.2. The van der Waals surface area contributed by atoms with Gasteiger partial charge in [-0.1, -0.05) is 30.0 Å². The molecule has 0 radical (unpaired) electrons. The predicted octanol–water partition coefficient (Wildman–Crippen LogP) is 4.04. The average molecular weight is 524 g/mol. The number of rotatable bonds is 4. The van der Waals surface area contributed by atoms with Gasteiger partial charge in [0.15, 0.2) is 5.17 Å². The first kappa shape index (κ1) is 24.4. The van der Waals surface area contributed by atoms with Gasteiger partial charge in [-0.05, 0) is 44.5 Å². The molecule has 0 aliphatic carbocycles. The second-order valence-electron chi connectivity index (χ2n) is 9.32. The summed E-state index contributed by atoms with van der Waals surface area (Å²) in [7, 11) is 0. The van der Waals surface area contributed by atoms with Gasteiger partial charge in [-0.15, -0.1) is 11.3 Å². The topological polar surface area (TPSA) is 126 Å². The maximum atomic E-state index is 12.8. The Hall–Kier alpha value is -3.28. The smallest absolute Gasteiger partial charge is 0.275 e. The van der Waals surface area contributed by atoms with Gasteiger partial charge in [0.05, 0.1) is 18.4 Å². The molecule has 9 nitrogen and oxygen atoms in total. The van der Waals surface area contributed by atoms with Crippen molar-refractivity contribution in [3.63, 3.8) is 0 Å². The van der Waals surface area contributed by atoms with E-state index >= 15 is 0 Å². The number of fused-ring (bicyclic) bond motifs is 1. The van der Waals surface area contributed by atoms with E-state index in [-0.39, 0.29) is 28.9 Å². The second kappa shape index (κ2) is 9.64. The number of nitrogens with one attached hydrogen (secondary N) is 2. The van der Waals surface area contributed by atoms with E-state index in [1.807, 2.05) is 18.2 Å². The van der Waals surface area contributed by atoms with Crippen LogP contribution in [0.3, 0.4) is 0 Å². The van der Waals surface area contributed by atoms with Crippen LogP contribution in [0.5, 0.6) is 5.75 Å². The Morgan fingerprint density at radius 3 is 2.67 bits per heavy atom. The van der Waals surface area contributed by atoms with Crippen LogP contribution in [-0.2, 0) is 10.3 Å². The number of ether oxygens (including phenoxy) is 1. The molecular weight excluding hydrogens is 498 g/mol. The summed E-state index contributed by atoms with van der Waals surface area (Å²) in [5, 5.41) is 18.1. The molecule has 2 atom stereocenters. The van der Waals surface area contributed by atoms with Crippen LogP contribution < -0.4 is 10.6 Å². The summed E-state index contributed by atoms with van der Waals surface area (Å²) in [6.45, 7) is 4.45. The van der Waals surface area contributed by atoms with Crippen molar-refractivity contribution in [2.24, 2.45) is 10.9 Å². The Balaban J connectivity index is 1.42. The van der Waals surface area contributed by atoms with E-state index < -0.39 is 11.4 Å². The fourth-order valence-electron chi connectivity index (χ4n) is 4.30. The third-order valence-electron chi connectivity index (χ3n) is 6.17. The minimum atomic E-state index is -0.773. The van der Waals surface area contributed by atoms with Crippen molar-refractivity contribution < 1.29 is 19.4 Å². The highest BCUT2D eigenvalue weighted by atomic mass is 32.2. The van der Waals surface area contributed by atoms with Crippen molar-refractivity contribution in [1.29, 1.82) is 0 Å². The number of aromatic nitrogens is 2. The molecule has 1 aromatic carbocycles. The van der Waals surface area contributed by atoms with Crippen LogP contribution in [0.2, 0.25) is 0 Å². The highest BCUT2D eigenvalue weighted by molar-refractivity contribution is 8.13. The molecule has 5 rings (SSSR count). The number of benzene rings is 1. The highest BCUT2D eigenvalue weighted by Gasteiger charge is 2.52. The van der Waals surface area contributed by atoms with Crippen molar-refractivity contribution >= 4 is 45.9 Å². The zero-order chi connectivity index (χ0) is 25.3. The number of anilines is 1. The number of hydrogen-bond donors (Lipinski definition) is 3. The Kier molecular flexibility index (Phi) is 6.54. The molecule has 36 heavy (non-hydrogen) atoms. The number of nitrogens with zero attached hydrogens (tertiary/aromatic N) is 3. The zero-order valence-electron chi connectivity index (χ0n) is 19.7. The molecule has 2 aliphatic rings. The van der Waals surface area contributed by atoms with E-state index in [0.717, 1.165) is 12.2 Å². The van der Waals surface area contributed by atoms with Crippen LogP contribution >= 0.6 is 23.1 Å². The van der Waals surface area contributed by atoms with E-state index in [1.165, 1.54) is 41.4 Å². The van der Waals surface area contributed by atoms with Crippen molar-refractivity contribution in [2.45, 2.75) is 31.4 Å². The largest absolute Gasteiger partial charge is 0.506 e. The van der Waals surface area contributed by atoms with Gasteiger partial charge in [0.2, 0.25) is 0 Å². The number of aromatic hydroxyl groups is 1. The summed E-state index contributed by atoms with van der Waals surface area (Å²) in [5.41, 5.74) is -0.350. The van der Waals surface area contributed by atoms with Gasteiger partial charge in [0.1, 0.15) is 27.8 Å². The average Bonchev–Trinajstić information content (AvgIpc) is 3.34. The summed E-state index contributed by atoms with van der Waals surface area (Å²) >= 11 is 2.92. The Morgan fingerprint density at radius 1 is 1.11 bits per heavy atom. The van der Waals surface area contributed by atoms with E-state index in [1.54, 1.807) is 17.5 Å². The molecule has 0 unspecified atom stereocenters. The lowest BCUT2D eigenvalue weighted by Gasteiger charge is -2.48. The van der Waals surface area contributed by atoms with E-state index in [4.69, 9.17) is 14.7 Å². The zero-order valence-corrected chi connectivity index (χ0v) is 21.4. The number of carbonyl (C=O) groups excluding carboxylic acids is 2. The molecule has 3 N–H and O–H groups in total. The van der Waals surface area contributed by atoms with E-state index in [2.05, 4.69) is 29.5 Å². The third kappa shape index (κ3) is 4.99. The SMILES string of the molecule is CC1(C)C[C@H]2CSC(NC(=O)c3ccccc3)=N[C@@]2(c2nc(NC(=O)c3ccc(O)cn3)cs2)CO1. The molecule has 1 saturated heterocycles. The Morgan fingerprint density at radius 2 is 1.92 bits per heavy atom. The van der Waals surface area contributed by atoms with Crippen LogP contribution in [0, 0.1) is 5.92 Å². The minimum absolute atomic E-state index is 0.0175. The standard InChI is InChI=1S/C25H25N5O4S2/c1-24(2)10-16-12-36-23(29-20(32)15-6-4-3-5-7-15)30-25(16,14-34-24)22-28-19(13-35-22)27-21(33)18-9-8-17(31)11-26-18/h3-9,11,13,16,31H,10,12,14H2,1-2H3,(H,27,33)(H,29,30,32)/t16-,25-/m0/s1. The maximum absolute atomic E-state index is 12.8. The fraction of sp³-hybridized carbons (Fsp3) is 0.320. The normalized spacial score (nSPS) is 22.7. The molecule has 2 amide bonds. The van der Waals surface area contributed by atoms with E-state index in [9.17, 15) is 14.7 Å². The van der Waals surface area contributed by atoms with Gasteiger partial charge < -0.3 is 20.5 Å². The molecular formula is C25H25N5O4S2. The minimum Gasteiger partial charge on any atom is -0.506 e. The molecule has 4 heterocycles. The lowest BCUT2D eigenvalue weighted by molar-refractivity contribution is -0.109. The highest BCUT2D eigenvalue weighted by Crippen LogP contribution is 2.49. The maximum Gasteiger partial charge on any atom is 0.275 e. The van der Waals surface area contributed by atoms with Crippen LogP contribution in [0.4, 0.5) is 5.82 Å². The monoisotopic (exact) mass is 523 g/mol. The van der Waals surface area contributed by atoms with Gasteiger partial charge in [0.25, 0.3) is 11.8 Å². The number of carbonyl (C=O) groups is 2. The van der Waals surface area contributed by atoms with Crippen molar-refractivity contribution in [2.75, 3.05) is 17.7 Å². The van der Waals surface area contributed by atoms with Crippen molar-refractivity contribution in [3.8, 4) is 5.75 Å². The molecule has 3 aromatic rings. The summed E-state index contributed by atoms with van der Waals surface area (Å²) in [4.78, 5) is 39.0. The number of aliphatic imine (C=N–C) groups is 1. The van der Waals surface area contributed by atoms with Crippen molar-refractivity contribution in [1.82, 2.24) is 15.3 Å². The molecule has 186 valence electrons. The molecule has 0 saturated carbocycles. The number of amidine groups is 1. The third-order valence-corrected chi connectivity index (χ3v) is 8.22. The van der Waals surface area contributed by atoms with E-state index in [0.29, 0.717) is 28.2 Å². The predicted molar refractivity (Wildman–Crippen MR) is 140 cm³/mol. The first-order valence-corrected chi connectivity index (χ1v) is 13.3. The van der Waals surface area contributed by atoms with Crippen molar-refractivity contribution in [3.05, 3.63) is 70.3 Å². The fourth-order valence-corrected chi connectivity index (χ4v) is 6.40. The lowest BCUT2D eigenvalue weighted by Crippen LogP contribution is -2.53. The molecule has 2 aliphatic heterocycles. The van der Waals surface area contributed by atoms with Crippen LogP contribution in [0.25, 0.3) is 0 Å². The molecule has 0 bridgehead atoms. The lowest BCUT2D eigenvalue weighted by atomic mass is 9.77. The van der Waals surface area contributed by atoms with Crippen LogP contribution in [0.15, 0.2) is 59.0 Å². The quantitative estimate of drug-likeness (QED) is 0.471. The van der Waals surface area contributed by atoms with Gasteiger partial charge >= 0.3 is 0 Å². The van der Waals surface area contributed by atoms with Gasteiger partial charge in [-0.2, -0.15) is 0 Å². The number of thioether (sulfide) groups is 1. The summed E-state index contributed by atoms with van der Waals surface area (Å²) < 4.78 is 6.22. The number of amides is 2. The Labute approximate surface area is 216 Å². The number of hydrogen-bond acceptors (Lipinski definition) is 9. The van der Waals surface area contributed by atoms with Gasteiger partial charge in [-0.25, -0.2) is 15.0 Å². The molecule has 2 aromatic heterocycles. The van der Waals surface area contributed by atoms with Crippen LogP contribution in [0.1, 0.15) is 46.1 Å². The van der Waals surface area contributed by atoms with Crippen LogP contribution in [-0.4, -0.2) is 50.0 Å².